The Morgan fingerprint density at radius 2 is 1.79 bits per heavy atom. The molecule has 1 saturated heterocycles. The predicted molar refractivity (Wildman–Crippen MR) is 94.6 cm³/mol. The Hall–Kier alpha value is -2.08. The molecule has 0 saturated carbocycles. The molecule has 0 radical (unpaired) electrons. The van der Waals surface area contributed by atoms with Gasteiger partial charge in [0, 0.05) is 52.7 Å². The third-order valence-electron chi connectivity index (χ3n) is 4.41. The fourth-order valence-corrected chi connectivity index (χ4v) is 2.79. The van der Waals surface area contributed by atoms with Crippen LogP contribution in [0.5, 0.6) is 0 Å². The van der Waals surface area contributed by atoms with Crippen LogP contribution in [0.2, 0.25) is 0 Å². The van der Waals surface area contributed by atoms with E-state index in [9.17, 15) is 9.59 Å². The van der Waals surface area contributed by atoms with Gasteiger partial charge in [0.25, 0.3) is 0 Å². The molecule has 0 unspecified atom stereocenters. The van der Waals surface area contributed by atoms with Gasteiger partial charge in [-0.15, -0.1) is 0 Å². The lowest BCUT2D eigenvalue weighted by atomic mass is 10.2. The van der Waals surface area contributed by atoms with Crippen LogP contribution < -0.4 is 5.32 Å². The summed E-state index contributed by atoms with van der Waals surface area (Å²) >= 11 is 0. The number of nitrogens with one attached hydrogen (secondary N) is 1. The molecule has 6 heteroatoms. The summed E-state index contributed by atoms with van der Waals surface area (Å²) in [4.78, 5) is 30.1. The van der Waals surface area contributed by atoms with Crippen molar-refractivity contribution in [3.05, 3.63) is 35.9 Å². The molecule has 3 amide bonds. The van der Waals surface area contributed by atoms with Gasteiger partial charge < -0.3 is 20.0 Å². The average Bonchev–Trinajstić information content (AvgIpc) is 2.62. The Morgan fingerprint density at radius 1 is 1.12 bits per heavy atom. The maximum atomic E-state index is 12.1. The highest BCUT2D eigenvalue weighted by Gasteiger charge is 2.20. The van der Waals surface area contributed by atoms with Crippen molar-refractivity contribution in [2.45, 2.75) is 19.9 Å². The number of urea groups is 1. The van der Waals surface area contributed by atoms with Crippen molar-refractivity contribution in [2.75, 3.05) is 46.3 Å². The van der Waals surface area contributed by atoms with Crippen molar-refractivity contribution >= 4 is 11.9 Å². The van der Waals surface area contributed by atoms with Gasteiger partial charge in [-0.2, -0.15) is 0 Å². The highest BCUT2D eigenvalue weighted by molar-refractivity contribution is 5.78. The first kappa shape index (κ1) is 18.3. The molecule has 1 fully saturated rings. The molecule has 132 valence electrons. The molecule has 1 heterocycles. The highest BCUT2D eigenvalue weighted by atomic mass is 16.2. The maximum Gasteiger partial charge on any atom is 0.317 e. The Labute approximate surface area is 144 Å². The molecule has 1 N–H and O–H groups in total. The summed E-state index contributed by atoms with van der Waals surface area (Å²) < 4.78 is 0. The summed E-state index contributed by atoms with van der Waals surface area (Å²) in [6, 6.07) is 9.83. The van der Waals surface area contributed by atoms with Crippen LogP contribution in [0, 0.1) is 0 Å². The van der Waals surface area contributed by atoms with E-state index in [-0.39, 0.29) is 11.9 Å². The second-order valence-corrected chi connectivity index (χ2v) is 6.14. The molecule has 2 rings (SSSR count). The van der Waals surface area contributed by atoms with E-state index < -0.39 is 0 Å². The van der Waals surface area contributed by atoms with Crippen molar-refractivity contribution in [2.24, 2.45) is 0 Å². The Balaban J connectivity index is 1.66. The number of hydrogen-bond acceptors (Lipinski definition) is 3. The molecule has 0 spiro atoms. The number of benzene rings is 1. The van der Waals surface area contributed by atoms with Crippen LogP contribution in [0.4, 0.5) is 4.79 Å². The lowest BCUT2D eigenvalue weighted by Gasteiger charge is -2.34. The molecule has 6 nitrogen and oxygen atoms in total. The summed E-state index contributed by atoms with van der Waals surface area (Å²) in [6.45, 7) is 7.47. The normalized spacial score (nSPS) is 15.2. The SMILES string of the molecule is CCN1CCN(C(=O)NCCC(=O)N(C)Cc2ccccc2)CC1. The van der Waals surface area contributed by atoms with Crippen molar-refractivity contribution in [1.82, 2.24) is 20.0 Å². The molecule has 0 aliphatic carbocycles. The molecule has 1 aliphatic rings. The Morgan fingerprint density at radius 3 is 2.42 bits per heavy atom. The van der Waals surface area contributed by atoms with Crippen molar-refractivity contribution < 1.29 is 9.59 Å². The van der Waals surface area contributed by atoms with Gasteiger partial charge in [0.05, 0.1) is 0 Å². The second-order valence-electron chi connectivity index (χ2n) is 6.14. The smallest absolute Gasteiger partial charge is 0.317 e. The van der Waals surface area contributed by atoms with Gasteiger partial charge in [0.15, 0.2) is 0 Å². The molecular weight excluding hydrogens is 304 g/mol. The lowest BCUT2D eigenvalue weighted by Crippen LogP contribution is -2.51. The first-order valence-electron chi connectivity index (χ1n) is 8.63. The van der Waals surface area contributed by atoms with Crippen molar-refractivity contribution in [3.63, 3.8) is 0 Å². The molecule has 0 aromatic heterocycles. The lowest BCUT2D eigenvalue weighted by molar-refractivity contribution is -0.130. The minimum atomic E-state index is -0.0655. The number of nitrogens with zero attached hydrogens (tertiary/aromatic N) is 3. The van der Waals surface area contributed by atoms with E-state index in [1.54, 1.807) is 11.9 Å². The third-order valence-corrected chi connectivity index (χ3v) is 4.41. The van der Waals surface area contributed by atoms with E-state index in [2.05, 4.69) is 17.1 Å². The summed E-state index contributed by atoms with van der Waals surface area (Å²) in [5.74, 6) is 0.0370. The van der Waals surface area contributed by atoms with Gasteiger partial charge in [0.1, 0.15) is 0 Å². The number of likely N-dealkylation sites (N-methyl/N-ethyl adjacent to an activating group) is 1. The number of rotatable bonds is 6. The van der Waals surface area contributed by atoms with E-state index in [0.29, 0.717) is 19.5 Å². The van der Waals surface area contributed by atoms with Crippen molar-refractivity contribution in [1.29, 1.82) is 0 Å². The minimum absolute atomic E-state index is 0.0370. The third kappa shape index (κ3) is 5.53. The number of piperazine rings is 1. The molecule has 24 heavy (non-hydrogen) atoms. The van der Waals surface area contributed by atoms with Gasteiger partial charge in [-0.1, -0.05) is 37.3 Å². The van der Waals surface area contributed by atoms with Crippen LogP contribution in [-0.2, 0) is 11.3 Å². The zero-order valence-corrected chi connectivity index (χ0v) is 14.7. The van der Waals surface area contributed by atoms with Gasteiger partial charge in [-0.3, -0.25) is 4.79 Å². The second kappa shape index (κ2) is 9.27. The molecule has 0 atom stereocenters. The first-order chi connectivity index (χ1) is 11.6. The number of hydrogen-bond donors (Lipinski definition) is 1. The van der Waals surface area contributed by atoms with Crippen LogP contribution >= 0.6 is 0 Å². The topological polar surface area (TPSA) is 55.9 Å². The fraction of sp³-hybridized carbons (Fsp3) is 0.556. The zero-order valence-electron chi connectivity index (χ0n) is 14.7. The van der Waals surface area contributed by atoms with Crippen LogP contribution in [-0.4, -0.2) is 73.0 Å². The standard InChI is InChI=1S/C18H28N4O2/c1-3-21-11-13-22(14-12-21)18(24)19-10-9-17(23)20(2)15-16-7-5-4-6-8-16/h4-8H,3,9-15H2,1-2H3,(H,19,24). The van der Waals surface area contributed by atoms with Crippen LogP contribution in [0.3, 0.4) is 0 Å². The maximum absolute atomic E-state index is 12.1. The molecule has 1 aromatic carbocycles. The van der Waals surface area contributed by atoms with E-state index in [0.717, 1.165) is 38.3 Å². The first-order valence-corrected chi connectivity index (χ1v) is 8.63. The van der Waals surface area contributed by atoms with Gasteiger partial charge in [-0.05, 0) is 12.1 Å². The van der Waals surface area contributed by atoms with Gasteiger partial charge in [0.2, 0.25) is 5.91 Å². The van der Waals surface area contributed by atoms with E-state index in [4.69, 9.17) is 0 Å². The molecule has 1 aromatic rings. The minimum Gasteiger partial charge on any atom is -0.341 e. The Kier molecular flexibility index (Phi) is 7.06. The number of amides is 3. The van der Waals surface area contributed by atoms with Crippen molar-refractivity contribution in [3.8, 4) is 0 Å². The Bertz CT molecular complexity index is 527. The molecule has 0 bridgehead atoms. The average molecular weight is 332 g/mol. The van der Waals surface area contributed by atoms with E-state index in [1.807, 2.05) is 35.2 Å². The quantitative estimate of drug-likeness (QED) is 0.856. The summed E-state index contributed by atoms with van der Waals surface area (Å²) in [5.41, 5.74) is 1.10. The van der Waals surface area contributed by atoms with Crippen LogP contribution in [0.1, 0.15) is 18.9 Å². The summed E-state index contributed by atoms with van der Waals surface area (Å²) in [5, 5.41) is 2.86. The predicted octanol–water partition coefficient (Wildman–Crippen LogP) is 1.38. The monoisotopic (exact) mass is 332 g/mol. The van der Waals surface area contributed by atoms with Gasteiger partial charge in [-0.25, -0.2) is 4.79 Å². The zero-order chi connectivity index (χ0) is 17.4. The highest BCUT2D eigenvalue weighted by Crippen LogP contribution is 2.04. The number of carbonyl (C=O) groups is 2. The fourth-order valence-electron chi connectivity index (χ4n) is 2.79. The van der Waals surface area contributed by atoms with Gasteiger partial charge >= 0.3 is 6.03 Å². The van der Waals surface area contributed by atoms with E-state index in [1.165, 1.54) is 0 Å². The van der Waals surface area contributed by atoms with Crippen LogP contribution in [0.15, 0.2) is 30.3 Å². The number of carbonyl (C=O) groups excluding carboxylic acids is 2. The summed E-state index contributed by atoms with van der Waals surface area (Å²) in [7, 11) is 1.79. The largest absolute Gasteiger partial charge is 0.341 e. The van der Waals surface area contributed by atoms with Crippen LogP contribution in [0.25, 0.3) is 0 Å². The molecular formula is C18H28N4O2. The molecule has 1 aliphatic heterocycles. The summed E-state index contributed by atoms with van der Waals surface area (Å²) in [6.07, 6.45) is 0.323. The van der Waals surface area contributed by atoms with E-state index >= 15 is 0 Å².